The van der Waals surface area contributed by atoms with Crippen LogP contribution in [0.1, 0.15) is 57.8 Å². The molecule has 14 nitrogen and oxygen atoms in total. The molecule has 294 valence electrons. The largest absolute Gasteiger partial charge is 0.484 e. The lowest BCUT2D eigenvalue weighted by molar-refractivity contribution is -0.141. The molecule has 2 aliphatic heterocycles. The minimum absolute atomic E-state index is 0.0168. The van der Waals surface area contributed by atoms with Crippen molar-refractivity contribution in [2.24, 2.45) is 5.92 Å². The molecule has 5 atom stereocenters. The zero-order valence-electron chi connectivity index (χ0n) is 30.7. The van der Waals surface area contributed by atoms with Crippen LogP contribution in [0.15, 0.2) is 71.2 Å². The third kappa shape index (κ3) is 7.41. The van der Waals surface area contributed by atoms with Crippen LogP contribution in [0.4, 0.5) is 9.18 Å². The van der Waals surface area contributed by atoms with Crippen molar-refractivity contribution < 1.29 is 45.9 Å². The number of para-hydroxylation sites is 1. The van der Waals surface area contributed by atoms with Gasteiger partial charge in [-0.05, 0) is 74.9 Å². The van der Waals surface area contributed by atoms with E-state index in [4.69, 9.17) is 18.9 Å². The Bertz CT molecular complexity index is 2340. The first-order valence-corrected chi connectivity index (χ1v) is 20.4. The predicted octanol–water partition coefficient (Wildman–Crippen LogP) is 4.86. The maximum Gasteiger partial charge on any atom is 0.407 e. The average molecular weight is 788 g/mol. The first kappa shape index (κ1) is 37.4. The van der Waals surface area contributed by atoms with Gasteiger partial charge in [0, 0.05) is 29.4 Å². The molecule has 4 aliphatic rings. The summed E-state index contributed by atoms with van der Waals surface area (Å²) in [6, 6.07) is 12.7. The molecule has 2 aromatic heterocycles. The van der Waals surface area contributed by atoms with E-state index in [1.165, 1.54) is 24.1 Å². The van der Waals surface area contributed by atoms with Crippen LogP contribution in [-0.4, -0.2) is 84.7 Å². The number of pyridine rings is 1. The van der Waals surface area contributed by atoms with Gasteiger partial charge in [0.25, 0.3) is 5.91 Å². The van der Waals surface area contributed by atoms with Crippen molar-refractivity contribution in [2.75, 3.05) is 13.7 Å². The summed E-state index contributed by atoms with van der Waals surface area (Å²) >= 11 is 0. The molecule has 2 saturated carbocycles. The molecule has 3 fully saturated rings. The van der Waals surface area contributed by atoms with Crippen LogP contribution in [0.25, 0.3) is 33.3 Å². The fourth-order valence-corrected chi connectivity index (χ4v) is 9.10. The van der Waals surface area contributed by atoms with Gasteiger partial charge in [-0.2, -0.15) is 0 Å². The van der Waals surface area contributed by atoms with Gasteiger partial charge in [0.05, 0.1) is 24.6 Å². The van der Waals surface area contributed by atoms with E-state index in [1.54, 1.807) is 24.3 Å². The Balaban J connectivity index is 1.15. The van der Waals surface area contributed by atoms with Crippen molar-refractivity contribution >= 4 is 55.9 Å². The van der Waals surface area contributed by atoms with Crippen molar-refractivity contribution in [3.8, 4) is 17.0 Å². The van der Waals surface area contributed by atoms with E-state index >= 15 is 0 Å². The second-order valence-corrected chi connectivity index (χ2v) is 16.9. The lowest BCUT2D eigenvalue weighted by Gasteiger charge is -2.29. The summed E-state index contributed by atoms with van der Waals surface area (Å²) in [7, 11) is -2.72. The summed E-state index contributed by atoms with van der Waals surface area (Å²) < 4.78 is 59.5. The molecule has 0 bridgehead atoms. The Morgan fingerprint density at radius 2 is 1.84 bits per heavy atom. The first-order chi connectivity index (χ1) is 27.0. The van der Waals surface area contributed by atoms with Crippen LogP contribution >= 0.6 is 0 Å². The highest BCUT2D eigenvalue weighted by Crippen LogP contribution is 2.46. The second-order valence-electron chi connectivity index (χ2n) is 15.0. The normalized spacial score (nSPS) is 26.3. The van der Waals surface area contributed by atoms with E-state index in [2.05, 4.69) is 15.4 Å². The number of nitrogens with one attached hydrogen (secondary N) is 3. The van der Waals surface area contributed by atoms with Crippen LogP contribution in [0.2, 0.25) is 0 Å². The summed E-state index contributed by atoms with van der Waals surface area (Å²) in [5, 5.41) is 5.57. The zero-order chi connectivity index (χ0) is 39.2. The zero-order valence-corrected chi connectivity index (χ0v) is 31.5. The highest BCUT2D eigenvalue weighted by molar-refractivity contribution is 7.91. The molecule has 2 aliphatic carbocycles. The number of methoxy groups -OCH3 is 1. The number of carbonyl (C=O) groups is 4. The van der Waals surface area contributed by atoms with E-state index in [0.717, 1.165) is 18.2 Å². The van der Waals surface area contributed by atoms with E-state index in [9.17, 15) is 32.0 Å². The number of carbonyl (C=O) groups excluding carboxylic acids is 4. The Labute approximate surface area is 322 Å². The molecule has 3 N–H and O–H groups in total. The number of rotatable bonds is 7. The molecule has 4 heterocycles. The number of benzene rings is 2. The molecule has 16 heteroatoms. The highest BCUT2D eigenvalue weighted by Gasteiger charge is 2.62. The van der Waals surface area contributed by atoms with E-state index in [-0.39, 0.29) is 31.6 Å². The number of amides is 4. The molecule has 8 rings (SSSR count). The molecule has 0 spiro atoms. The Kier molecular flexibility index (Phi) is 9.93. The molecule has 4 amide bonds. The fraction of sp³-hybridized carbons (Fsp3) is 0.425. The summed E-state index contributed by atoms with van der Waals surface area (Å²) in [6.07, 6.45) is 6.32. The van der Waals surface area contributed by atoms with Crippen LogP contribution in [0, 0.1) is 11.7 Å². The molecule has 4 aromatic rings. The fourth-order valence-electron chi connectivity index (χ4n) is 7.74. The number of halogens is 1. The molecule has 0 radical (unpaired) electrons. The van der Waals surface area contributed by atoms with E-state index in [0.29, 0.717) is 53.6 Å². The average Bonchev–Trinajstić information content (AvgIpc) is 4.08. The summed E-state index contributed by atoms with van der Waals surface area (Å²) in [4.78, 5) is 61.2. The Morgan fingerprint density at radius 1 is 1.05 bits per heavy atom. The number of nitrogens with zero attached hydrogens (tertiary/aromatic N) is 2. The summed E-state index contributed by atoms with van der Waals surface area (Å²) in [5.74, 6) is -2.60. The van der Waals surface area contributed by atoms with Crippen molar-refractivity contribution in [1.82, 2.24) is 25.2 Å². The SMILES string of the molecule is COC(=O)N[C@H]1CCCCC/C=C\[C@@H]2C[C@@]2(C(=O)NS(=O)(=O)C2CC2)NC(=O)[C@@H]2C[C@@H](Oc3cc(-c4ccc(F)cc4)nc4c3oc3ccccc34)CN2C1=O. The standard InChI is InChI=1S/C40H42FN5O9S/c1-53-39(50)43-29-11-6-4-2-3-5-9-24-21-40(24,38(49)45-56(51,52)27-17-18-27)44-36(47)31-19-26(22-46(31)37(29)48)54-33-20-30(23-13-15-25(41)16-14-23)42-34-28-10-7-8-12-32(28)55-35(33)34/h5,7-10,12-16,20,24,26-27,29,31H,2-4,6,11,17-19,21-22H2,1H3,(H,43,50)(H,44,47)(H,45,49)/b9-5-/t24-,26-,29+,31+,40-/m1/s1. The number of hydrogen-bond donors (Lipinski definition) is 3. The third-order valence-electron chi connectivity index (χ3n) is 11.0. The van der Waals surface area contributed by atoms with Crippen molar-refractivity contribution in [1.29, 1.82) is 0 Å². The number of ether oxygens (including phenoxy) is 2. The van der Waals surface area contributed by atoms with Gasteiger partial charge in [0.15, 0.2) is 11.3 Å². The Hall–Kier alpha value is -5.51. The van der Waals surface area contributed by atoms with Crippen LogP contribution < -0.4 is 20.1 Å². The smallest absolute Gasteiger partial charge is 0.407 e. The van der Waals surface area contributed by atoms with Gasteiger partial charge in [-0.15, -0.1) is 0 Å². The number of furan rings is 1. The monoisotopic (exact) mass is 787 g/mol. The number of aromatic nitrogens is 1. The second kappa shape index (κ2) is 14.9. The summed E-state index contributed by atoms with van der Waals surface area (Å²) in [5.41, 5.74) is 0.953. The maximum absolute atomic E-state index is 14.4. The Morgan fingerprint density at radius 3 is 2.61 bits per heavy atom. The van der Waals surface area contributed by atoms with Gasteiger partial charge in [0.1, 0.15) is 40.6 Å². The first-order valence-electron chi connectivity index (χ1n) is 18.9. The van der Waals surface area contributed by atoms with Crippen LogP contribution in [0.3, 0.4) is 0 Å². The number of alkyl carbamates (subject to hydrolysis) is 1. The summed E-state index contributed by atoms with van der Waals surface area (Å²) in [6.45, 7) is -0.0786. The molecule has 56 heavy (non-hydrogen) atoms. The van der Waals surface area contributed by atoms with E-state index in [1.807, 2.05) is 30.4 Å². The highest BCUT2D eigenvalue weighted by atomic mass is 32.2. The maximum atomic E-state index is 14.4. The number of hydrogen-bond acceptors (Lipinski definition) is 10. The third-order valence-corrected chi connectivity index (χ3v) is 12.9. The molecule has 2 aromatic carbocycles. The van der Waals surface area contributed by atoms with Gasteiger partial charge >= 0.3 is 6.09 Å². The van der Waals surface area contributed by atoms with Gasteiger partial charge in [0.2, 0.25) is 21.8 Å². The van der Waals surface area contributed by atoms with Crippen molar-refractivity contribution in [3.05, 3.63) is 72.6 Å². The molecule has 1 saturated heterocycles. The molecule has 0 unspecified atom stereocenters. The number of allylic oxidation sites excluding steroid dienone is 1. The van der Waals surface area contributed by atoms with Gasteiger partial charge in [-0.3, -0.25) is 19.1 Å². The van der Waals surface area contributed by atoms with Crippen LogP contribution in [-0.2, 0) is 29.1 Å². The molecular formula is C40H42FN5O9S. The minimum atomic E-state index is -3.92. The molecular weight excluding hydrogens is 746 g/mol. The van der Waals surface area contributed by atoms with Crippen molar-refractivity contribution in [2.45, 2.75) is 86.8 Å². The lowest BCUT2D eigenvalue weighted by Crippen LogP contribution is -2.58. The van der Waals surface area contributed by atoms with Gasteiger partial charge in [-0.25, -0.2) is 22.6 Å². The number of sulfonamides is 1. The quantitative estimate of drug-likeness (QED) is 0.219. The van der Waals surface area contributed by atoms with Crippen molar-refractivity contribution in [3.63, 3.8) is 0 Å². The van der Waals surface area contributed by atoms with Crippen LogP contribution in [0.5, 0.6) is 5.75 Å². The predicted molar refractivity (Wildman–Crippen MR) is 202 cm³/mol. The topological polar surface area (TPSA) is 186 Å². The van der Waals surface area contributed by atoms with Gasteiger partial charge in [-0.1, -0.05) is 37.1 Å². The number of fused-ring (bicyclic) bond motifs is 5. The van der Waals surface area contributed by atoms with E-state index < -0.39 is 74.5 Å². The minimum Gasteiger partial charge on any atom is -0.484 e. The van der Waals surface area contributed by atoms with Gasteiger partial charge < -0.3 is 29.4 Å². The lowest BCUT2D eigenvalue weighted by atomic mass is 10.1.